The first kappa shape index (κ1) is 18.1. The molecule has 0 saturated heterocycles. The minimum Gasteiger partial charge on any atom is -0.321 e. The molecule has 1 N–H and O–H groups in total. The molecule has 2 unspecified atom stereocenters. The molecule has 0 aliphatic carbocycles. The fourth-order valence-corrected chi connectivity index (χ4v) is 3.81. The number of benzene rings is 2. The zero-order valence-corrected chi connectivity index (χ0v) is 15.6. The van der Waals surface area contributed by atoms with Crippen molar-refractivity contribution in [1.82, 2.24) is 5.32 Å². The molecule has 1 aliphatic rings. The van der Waals surface area contributed by atoms with Crippen LogP contribution in [0.15, 0.2) is 54.2 Å². The van der Waals surface area contributed by atoms with Crippen LogP contribution in [0.4, 0.5) is 11.4 Å². The van der Waals surface area contributed by atoms with Crippen LogP contribution in [0.25, 0.3) is 0 Å². The molecule has 0 fully saturated rings. The topological polar surface area (TPSA) is 58.4 Å². The standard InChI is InChI=1S/C17H15Cl2N3O2S/c1-10-8-16(14-7-2-11(18)9-15(14)19)20-17(25)21(10)12-3-5-13(6-4-12)22(23)24/h2-9,16-17,20,25H,1H3. The van der Waals surface area contributed by atoms with E-state index in [-0.39, 0.29) is 17.2 Å². The molecule has 2 atom stereocenters. The number of non-ortho nitro benzene ring substituents is 1. The molecule has 5 nitrogen and oxygen atoms in total. The summed E-state index contributed by atoms with van der Waals surface area (Å²) in [6, 6.07) is 11.6. The van der Waals surface area contributed by atoms with E-state index in [9.17, 15) is 10.1 Å². The number of nitrogens with one attached hydrogen (secondary N) is 1. The lowest BCUT2D eigenvalue weighted by Crippen LogP contribution is -2.46. The van der Waals surface area contributed by atoms with E-state index in [0.29, 0.717) is 10.0 Å². The average molecular weight is 396 g/mol. The van der Waals surface area contributed by atoms with Crippen LogP contribution in [0.1, 0.15) is 18.5 Å². The van der Waals surface area contributed by atoms with Gasteiger partial charge in [0.25, 0.3) is 5.69 Å². The maximum absolute atomic E-state index is 10.8. The Kier molecular flexibility index (Phi) is 5.24. The van der Waals surface area contributed by atoms with E-state index >= 15 is 0 Å². The molecule has 1 heterocycles. The smallest absolute Gasteiger partial charge is 0.269 e. The number of hydrogen-bond acceptors (Lipinski definition) is 5. The minimum absolute atomic E-state index is 0.0527. The van der Waals surface area contributed by atoms with Crippen molar-refractivity contribution in [2.45, 2.75) is 18.5 Å². The van der Waals surface area contributed by atoms with Crippen molar-refractivity contribution in [3.63, 3.8) is 0 Å². The molecule has 0 radical (unpaired) electrons. The lowest BCUT2D eigenvalue weighted by Gasteiger charge is -2.38. The number of nitrogens with zero attached hydrogens (tertiary/aromatic N) is 2. The zero-order valence-electron chi connectivity index (χ0n) is 13.2. The van der Waals surface area contributed by atoms with Crippen molar-refractivity contribution in [1.29, 1.82) is 0 Å². The zero-order chi connectivity index (χ0) is 18.1. The van der Waals surface area contributed by atoms with Gasteiger partial charge in [-0.1, -0.05) is 29.3 Å². The number of nitro groups is 1. The van der Waals surface area contributed by atoms with Crippen LogP contribution in [-0.4, -0.2) is 10.4 Å². The molecule has 0 aromatic heterocycles. The highest BCUT2D eigenvalue weighted by molar-refractivity contribution is 7.81. The molecule has 3 rings (SSSR count). The normalized spacial score (nSPS) is 20.3. The fraction of sp³-hybridized carbons (Fsp3) is 0.176. The Morgan fingerprint density at radius 3 is 2.44 bits per heavy atom. The van der Waals surface area contributed by atoms with Crippen molar-refractivity contribution in [3.8, 4) is 0 Å². The van der Waals surface area contributed by atoms with Gasteiger partial charge in [0.05, 0.1) is 11.0 Å². The van der Waals surface area contributed by atoms with Crippen LogP contribution in [0.3, 0.4) is 0 Å². The van der Waals surface area contributed by atoms with Crippen LogP contribution in [0, 0.1) is 10.1 Å². The molecule has 1 aliphatic heterocycles. The molecule has 0 saturated carbocycles. The Bertz CT molecular complexity index is 842. The summed E-state index contributed by atoms with van der Waals surface area (Å²) in [4.78, 5) is 12.3. The number of halogens is 2. The molecule has 2 aromatic carbocycles. The maximum atomic E-state index is 10.8. The van der Waals surface area contributed by atoms with Gasteiger partial charge in [-0.05, 0) is 42.8 Å². The number of thiol groups is 1. The second-order valence-corrected chi connectivity index (χ2v) is 6.97. The summed E-state index contributed by atoms with van der Waals surface area (Å²) in [5, 5.41) is 15.3. The maximum Gasteiger partial charge on any atom is 0.269 e. The Labute approximate surface area is 160 Å². The molecule has 8 heteroatoms. The van der Waals surface area contributed by atoms with E-state index in [1.807, 2.05) is 24.0 Å². The number of anilines is 1. The van der Waals surface area contributed by atoms with Crippen LogP contribution in [-0.2, 0) is 0 Å². The molecule has 0 amide bonds. The van der Waals surface area contributed by atoms with Crippen LogP contribution >= 0.6 is 35.8 Å². The lowest BCUT2D eigenvalue weighted by molar-refractivity contribution is -0.384. The van der Waals surface area contributed by atoms with E-state index < -0.39 is 4.92 Å². The van der Waals surface area contributed by atoms with E-state index in [0.717, 1.165) is 16.9 Å². The van der Waals surface area contributed by atoms with E-state index in [4.69, 9.17) is 23.2 Å². The largest absolute Gasteiger partial charge is 0.321 e. The van der Waals surface area contributed by atoms with Crippen LogP contribution < -0.4 is 10.2 Å². The first-order chi connectivity index (χ1) is 11.9. The van der Waals surface area contributed by atoms with Gasteiger partial charge in [0.2, 0.25) is 0 Å². The summed E-state index contributed by atoms with van der Waals surface area (Å²) >= 11 is 16.9. The first-order valence-corrected chi connectivity index (χ1v) is 8.75. The third-order valence-corrected chi connectivity index (χ3v) is 4.94. The third-order valence-electron chi connectivity index (χ3n) is 4.00. The first-order valence-electron chi connectivity index (χ1n) is 7.48. The number of rotatable bonds is 3. The summed E-state index contributed by atoms with van der Waals surface area (Å²) in [7, 11) is 0. The van der Waals surface area contributed by atoms with Crippen molar-refractivity contribution < 1.29 is 4.92 Å². The molecule has 25 heavy (non-hydrogen) atoms. The van der Waals surface area contributed by atoms with E-state index in [1.165, 1.54) is 12.1 Å². The summed E-state index contributed by atoms with van der Waals surface area (Å²) in [6.45, 7) is 1.96. The highest BCUT2D eigenvalue weighted by atomic mass is 35.5. The van der Waals surface area contributed by atoms with Crippen LogP contribution in [0.5, 0.6) is 0 Å². The summed E-state index contributed by atoms with van der Waals surface area (Å²) in [5.74, 6) is 0. The molecule has 0 bridgehead atoms. The van der Waals surface area contributed by atoms with Crippen molar-refractivity contribution in [2.75, 3.05) is 4.90 Å². The lowest BCUT2D eigenvalue weighted by atomic mass is 10.0. The molecular formula is C17H15Cl2N3O2S. The predicted octanol–water partition coefficient (Wildman–Crippen LogP) is 5.17. The Morgan fingerprint density at radius 1 is 1.20 bits per heavy atom. The van der Waals surface area contributed by atoms with Crippen molar-refractivity contribution in [3.05, 3.63) is 80.0 Å². The summed E-state index contributed by atoms with van der Waals surface area (Å²) < 4.78 is 0. The number of hydrogen-bond donors (Lipinski definition) is 2. The van der Waals surface area contributed by atoms with Gasteiger partial charge in [-0.25, -0.2) is 0 Å². The van der Waals surface area contributed by atoms with E-state index in [2.05, 4.69) is 17.9 Å². The van der Waals surface area contributed by atoms with Crippen molar-refractivity contribution in [2.24, 2.45) is 0 Å². The third kappa shape index (κ3) is 3.77. The van der Waals surface area contributed by atoms with Crippen LogP contribution in [0.2, 0.25) is 10.0 Å². The molecule has 0 spiro atoms. The van der Waals surface area contributed by atoms with Gasteiger partial charge in [-0.15, -0.1) is 12.6 Å². The fourth-order valence-electron chi connectivity index (χ4n) is 2.81. The van der Waals surface area contributed by atoms with Gasteiger partial charge in [-0.3, -0.25) is 15.4 Å². The number of allylic oxidation sites excluding steroid dienone is 1. The molecular weight excluding hydrogens is 381 g/mol. The Balaban J connectivity index is 1.90. The highest BCUT2D eigenvalue weighted by Gasteiger charge is 2.27. The molecule has 130 valence electrons. The monoisotopic (exact) mass is 395 g/mol. The van der Waals surface area contributed by atoms with Gasteiger partial charge >= 0.3 is 0 Å². The highest BCUT2D eigenvalue weighted by Crippen LogP contribution is 2.34. The van der Waals surface area contributed by atoms with Gasteiger partial charge in [0, 0.05) is 33.6 Å². The minimum atomic E-state index is -0.419. The second kappa shape index (κ2) is 7.25. The Morgan fingerprint density at radius 2 is 1.88 bits per heavy atom. The predicted molar refractivity (Wildman–Crippen MR) is 104 cm³/mol. The van der Waals surface area contributed by atoms with Gasteiger partial charge in [0.15, 0.2) is 0 Å². The SMILES string of the molecule is CC1=CC(c2ccc(Cl)cc2Cl)NC(S)N1c1ccc([N+](=O)[O-])cc1. The van der Waals surface area contributed by atoms with Gasteiger partial charge in [-0.2, -0.15) is 0 Å². The second-order valence-electron chi connectivity index (χ2n) is 5.64. The van der Waals surface area contributed by atoms with Gasteiger partial charge < -0.3 is 4.90 Å². The molecule has 2 aromatic rings. The quantitative estimate of drug-likeness (QED) is 0.427. The summed E-state index contributed by atoms with van der Waals surface area (Å²) in [5.41, 5.74) is 2.42. The van der Waals surface area contributed by atoms with E-state index in [1.54, 1.807) is 24.3 Å². The Hall–Kier alpha value is -1.73. The number of nitro benzene ring substituents is 1. The van der Waals surface area contributed by atoms with Crippen molar-refractivity contribution >= 4 is 47.2 Å². The summed E-state index contributed by atoms with van der Waals surface area (Å²) in [6.07, 6.45) is 2.03. The van der Waals surface area contributed by atoms with Gasteiger partial charge in [0.1, 0.15) is 5.50 Å². The average Bonchev–Trinajstić information content (AvgIpc) is 2.54.